The lowest BCUT2D eigenvalue weighted by atomic mass is 10.1. The van der Waals surface area contributed by atoms with E-state index in [1.807, 2.05) is 48.4 Å². The van der Waals surface area contributed by atoms with Crippen LogP contribution in [0.1, 0.15) is 11.3 Å². The highest BCUT2D eigenvalue weighted by atomic mass is 79.9. The number of carbonyl (C=O) groups is 1. The zero-order valence-corrected chi connectivity index (χ0v) is 20.6. The van der Waals surface area contributed by atoms with Crippen LogP contribution >= 0.6 is 15.9 Å². The summed E-state index contributed by atoms with van der Waals surface area (Å²) >= 11 is 3.76. The van der Waals surface area contributed by atoms with Crippen molar-refractivity contribution in [3.63, 3.8) is 0 Å². The largest absolute Gasteiger partial charge is 0.368 e. The summed E-state index contributed by atoms with van der Waals surface area (Å²) in [6, 6.07) is 16.3. The summed E-state index contributed by atoms with van der Waals surface area (Å²) in [5, 5.41) is 3.08. The van der Waals surface area contributed by atoms with E-state index in [0.717, 1.165) is 65.3 Å². The minimum Gasteiger partial charge on any atom is -0.368 e. The lowest BCUT2D eigenvalue weighted by Crippen LogP contribution is -2.44. The molecule has 0 atom stereocenters. The number of pyridine rings is 1. The predicted octanol–water partition coefficient (Wildman–Crippen LogP) is 5.17. The van der Waals surface area contributed by atoms with Crippen LogP contribution in [0.2, 0.25) is 0 Å². The van der Waals surface area contributed by atoms with Crippen molar-refractivity contribution in [2.75, 3.05) is 54.9 Å². The molecule has 0 aliphatic carbocycles. The van der Waals surface area contributed by atoms with E-state index in [1.54, 1.807) is 0 Å². The second-order valence-electron chi connectivity index (χ2n) is 8.82. The second-order valence-corrected chi connectivity index (χ2v) is 9.67. The van der Waals surface area contributed by atoms with Crippen LogP contribution in [0, 0.1) is 6.92 Å². The third-order valence-electron chi connectivity index (χ3n) is 6.50. The molecule has 1 fully saturated rings. The van der Waals surface area contributed by atoms with Crippen molar-refractivity contribution in [2.24, 2.45) is 0 Å². The SMILES string of the molecule is Cc1cc(-c2ccc(NC(=O)N3CCc4cc(Br)c(N5CCN(C)CC5)cc43)cc2)ccn1. The van der Waals surface area contributed by atoms with Gasteiger partial charge in [-0.15, -0.1) is 0 Å². The van der Waals surface area contributed by atoms with Crippen molar-refractivity contribution < 1.29 is 4.79 Å². The fourth-order valence-electron chi connectivity index (χ4n) is 4.56. The van der Waals surface area contributed by atoms with E-state index in [1.165, 1.54) is 11.3 Å². The molecule has 3 heterocycles. The molecule has 5 rings (SSSR count). The Balaban J connectivity index is 1.32. The Morgan fingerprint density at radius 1 is 0.939 bits per heavy atom. The Morgan fingerprint density at radius 3 is 2.42 bits per heavy atom. The number of rotatable bonds is 3. The van der Waals surface area contributed by atoms with Crippen molar-refractivity contribution in [3.05, 3.63) is 70.5 Å². The number of halogens is 1. The molecule has 0 saturated carbocycles. The first-order valence-electron chi connectivity index (χ1n) is 11.4. The van der Waals surface area contributed by atoms with Crippen LogP contribution in [0.5, 0.6) is 0 Å². The lowest BCUT2D eigenvalue weighted by Gasteiger charge is -2.35. The van der Waals surface area contributed by atoms with Gasteiger partial charge in [-0.05, 0) is 89.4 Å². The minimum atomic E-state index is -0.0899. The van der Waals surface area contributed by atoms with Gasteiger partial charge in [0.05, 0.1) is 11.4 Å². The number of hydrogen-bond donors (Lipinski definition) is 1. The second kappa shape index (κ2) is 9.15. The molecule has 1 saturated heterocycles. The maximum atomic E-state index is 13.2. The van der Waals surface area contributed by atoms with E-state index in [9.17, 15) is 4.79 Å². The van der Waals surface area contributed by atoms with Crippen molar-refractivity contribution in [3.8, 4) is 11.1 Å². The molecule has 0 bridgehead atoms. The van der Waals surface area contributed by atoms with Crippen molar-refractivity contribution >= 4 is 39.0 Å². The highest BCUT2D eigenvalue weighted by molar-refractivity contribution is 9.10. The normalized spacial score (nSPS) is 16.1. The van der Waals surface area contributed by atoms with Crippen LogP contribution < -0.4 is 15.1 Å². The fraction of sp³-hybridized carbons (Fsp3) is 0.308. The van der Waals surface area contributed by atoms with Gasteiger partial charge in [0.25, 0.3) is 0 Å². The van der Waals surface area contributed by atoms with Gasteiger partial charge in [-0.3, -0.25) is 9.88 Å². The lowest BCUT2D eigenvalue weighted by molar-refractivity contribution is 0.257. The molecule has 170 valence electrons. The van der Waals surface area contributed by atoms with Crippen molar-refractivity contribution in [1.29, 1.82) is 0 Å². The molecular weight excluding hydrogens is 478 g/mol. The van der Waals surface area contributed by atoms with Crippen LogP contribution in [-0.2, 0) is 6.42 Å². The minimum absolute atomic E-state index is 0.0899. The fourth-order valence-corrected chi connectivity index (χ4v) is 5.20. The Hall–Kier alpha value is -2.90. The number of amides is 2. The zero-order valence-electron chi connectivity index (χ0n) is 19.0. The predicted molar refractivity (Wildman–Crippen MR) is 138 cm³/mol. The number of likely N-dealkylation sites (N-methyl/N-ethyl adjacent to an activating group) is 1. The Morgan fingerprint density at radius 2 is 1.70 bits per heavy atom. The first-order valence-corrected chi connectivity index (χ1v) is 12.1. The van der Waals surface area contributed by atoms with Gasteiger partial charge in [0, 0.05) is 54.8 Å². The third kappa shape index (κ3) is 4.61. The Bertz CT molecular complexity index is 1170. The molecule has 0 unspecified atom stereocenters. The number of aryl methyl sites for hydroxylation is 1. The van der Waals surface area contributed by atoms with Gasteiger partial charge in [0.15, 0.2) is 0 Å². The van der Waals surface area contributed by atoms with E-state index in [0.29, 0.717) is 6.54 Å². The summed E-state index contributed by atoms with van der Waals surface area (Å²) in [6.07, 6.45) is 2.69. The number of benzene rings is 2. The quantitative estimate of drug-likeness (QED) is 0.533. The van der Waals surface area contributed by atoms with Gasteiger partial charge < -0.3 is 15.1 Å². The molecule has 33 heavy (non-hydrogen) atoms. The number of nitrogens with zero attached hydrogens (tertiary/aromatic N) is 4. The smallest absolute Gasteiger partial charge is 0.326 e. The molecule has 2 aliphatic rings. The third-order valence-corrected chi connectivity index (χ3v) is 7.13. The van der Waals surface area contributed by atoms with E-state index < -0.39 is 0 Å². The molecule has 2 aliphatic heterocycles. The van der Waals surface area contributed by atoms with Gasteiger partial charge in [0.2, 0.25) is 0 Å². The summed E-state index contributed by atoms with van der Waals surface area (Å²) in [6.45, 7) is 6.74. The van der Waals surface area contributed by atoms with Gasteiger partial charge in [0.1, 0.15) is 0 Å². The van der Waals surface area contributed by atoms with Crippen LogP contribution in [0.3, 0.4) is 0 Å². The number of carbonyl (C=O) groups excluding carboxylic acids is 1. The summed E-state index contributed by atoms with van der Waals surface area (Å²) in [4.78, 5) is 24.0. The van der Waals surface area contributed by atoms with Gasteiger partial charge in [-0.25, -0.2) is 4.79 Å². The number of hydrogen-bond acceptors (Lipinski definition) is 4. The molecular formula is C26H28BrN5O. The van der Waals surface area contributed by atoms with Crippen LogP contribution in [0.15, 0.2) is 59.2 Å². The van der Waals surface area contributed by atoms with Gasteiger partial charge >= 0.3 is 6.03 Å². The summed E-state index contributed by atoms with van der Waals surface area (Å²) < 4.78 is 1.11. The molecule has 0 radical (unpaired) electrons. The highest BCUT2D eigenvalue weighted by Crippen LogP contribution is 2.38. The number of fused-ring (bicyclic) bond motifs is 1. The Labute approximate surface area is 203 Å². The average molecular weight is 506 g/mol. The molecule has 1 N–H and O–H groups in total. The van der Waals surface area contributed by atoms with Gasteiger partial charge in [-0.2, -0.15) is 0 Å². The topological polar surface area (TPSA) is 51.7 Å². The summed E-state index contributed by atoms with van der Waals surface area (Å²) in [5.74, 6) is 0. The zero-order chi connectivity index (χ0) is 22.9. The first-order chi connectivity index (χ1) is 16.0. The number of nitrogens with one attached hydrogen (secondary N) is 1. The van der Waals surface area contributed by atoms with Crippen molar-refractivity contribution in [1.82, 2.24) is 9.88 Å². The molecule has 6 nitrogen and oxygen atoms in total. The van der Waals surface area contributed by atoms with Crippen LogP contribution in [0.4, 0.5) is 21.9 Å². The van der Waals surface area contributed by atoms with E-state index in [-0.39, 0.29) is 6.03 Å². The number of aromatic nitrogens is 1. The van der Waals surface area contributed by atoms with E-state index >= 15 is 0 Å². The molecule has 1 aromatic heterocycles. The molecule has 2 aromatic carbocycles. The Kier molecular flexibility index (Phi) is 6.08. The number of piperazine rings is 1. The molecule has 7 heteroatoms. The van der Waals surface area contributed by atoms with Crippen molar-refractivity contribution in [2.45, 2.75) is 13.3 Å². The molecule has 3 aromatic rings. The van der Waals surface area contributed by atoms with E-state index in [2.05, 4.69) is 61.3 Å². The van der Waals surface area contributed by atoms with E-state index in [4.69, 9.17) is 0 Å². The molecule has 2 amide bonds. The summed E-state index contributed by atoms with van der Waals surface area (Å²) in [7, 11) is 2.16. The summed E-state index contributed by atoms with van der Waals surface area (Å²) in [5.41, 5.74) is 7.38. The molecule has 0 spiro atoms. The maximum Gasteiger partial charge on any atom is 0.326 e. The maximum absolute atomic E-state index is 13.2. The van der Waals surface area contributed by atoms with Crippen LogP contribution in [0.25, 0.3) is 11.1 Å². The monoisotopic (exact) mass is 505 g/mol. The first kappa shape index (κ1) is 21.9. The van der Waals surface area contributed by atoms with Gasteiger partial charge in [-0.1, -0.05) is 12.1 Å². The number of urea groups is 1. The average Bonchev–Trinajstić information content (AvgIpc) is 3.22. The number of anilines is 3. The van der Waals surface area contributed by atoms with Crippen LogP contribution in [-0.4, -0.2) is 55.7 Å². The standard InChI is InChI=1S/C26H28BrN5O/c1-18-15-20(7-9-28-18)19-3-5-22(6-4-19)29-26(33)32-10-8-21-16-23(27)25(17-24(21)32)31-13-11-30(2)12-14-31/h3-7,9,15-17H,8,10-14H2,1-2H3,(H,29,33). The highest BCUT2D eigenvalue weighted by Gasteiger charge is 2.28.